The Morgan fingerprint density at radius 2 is 2.03 bits per heavy atom. The standard InChI is InChI=1S/C21H21FN4O3/c1-13-18(24-29-23-13)11-20(27)26-8-7-19-16(12-26)10-15(21(28)25(19)2)9-14-5-3-4-6-17(14)22/h3-6,10H,7-9,11-12H2,1-2H3. The minimum atomic E-state index is -0.333. The third-order valence-corrected chi connectivity index (χ3v) is 5.44. The van der Waals surface area contributed by atoms with Gasteiger partial charge in [-0.25, -0.2) is 9.02 Å². The maximum Gasteiger partial charge on any atom is 0.254 e. The average Bonchev–Trinajstić information content (AvgIpc) is 3.11. The molecule has 0 atom stereocenters. The number of nitrogens with zero attached hydrogens (tertiary/aromatic N) is 4. The van der Waals surface area contributed by atoms with E-state index in [0.29, 0.717) is 42.0 Å². The smallest absolute Gasteiger partial charge is 0.254 e. The third kappa shape index (κ3) is 3.70. The Morgan fingerprint density at radius 1 is 1.24 bits per heavy atom. The molecule has 3 aromatic rings. The molecular formula is C21H21FN4O3. The first-order valence-electron chi connectivity index (χ1n) is 9.44. The van der Waals surface area contributed by atoms with Crippen LogP contribution in [0.4, 0.5) is 4.39 Å². The summed E-state index contributed by atoms with van der Waals surface area (Å²) in [7, 11) is 1.73. The molecule has 1 aliphatic rings. The normalized spacial score (nSPS) is 13.4. The molecule has 1 aromatic carbocycles. The Kier molecular flexibility index (Phi) is 5.00. The van der Waals surface area contributed by atoms with Crippen LogP contribution in [-0.2, 0) is 37.6 Å². The maximum absolute atomic E-state index is 14.0. The molecule has 150 valence electrons. The van der Waals surface area contributed by atoms with Crippen molar-refractivity contribution < 1.29 is 13.8 Å². The highest BCUT2D eigenvalue weighted by molar-refractivity contribution is 5.78. The minimum absolute atomic E-state index is 0.0704. The topological polar surface area (TPSA) is 81.2 Å². The molecule has 8 heteroatoms. The Balaban J connectivity index is 1.59. The molecule has 1 amide bonds. The van der Waals surface area contributed by atoms with Crippen molar-refractivity contribution in [3.05, 3.63) is 80.3 Å². The fraction of sp³-hybridized carbons (Fsp3) is 0.333. The number of hydrogen-bond acceptors (Lipinski definition) is 5. The van der Waals surface area contributed by atoms with Gasteiger partial charge in [0, 0.05) is 44.2 Å². The van der Waals surface area contributed by atoms with Gasteiger partial charge >= 0.3 is 0 Å². The van der Waals surface area contributed by atoms with Crippen LogP contribution in [0.25, 0.3) is 0 Å². The van der Waals surface area contributed by atoms with Gasteiger partial charge < -0.3 is 9.47 Å². The highest BCUT2D eigenvalue weighted by Gasteiger charge is 2.25. The number of halogens is 1. The first-order valence-corrected chi connectivity index (χ1v) is 9.44. The Morgan fingerprint density at radius 3 is 2.76 bits per heavy atom. The molecule has 4 rings (SSSR count). The van der Waals surface area contributed by atoms with E-state index in [9.17, 15) is 14.0 Å². The maximum atomic E-state index is 14.0. The van der Waals surface area contributed by atoms with Gasteiger partial charge in [0.25, 0.3) is 5.56 Å². The molecule has 7 nitrogen and oxygen atoms in total. The quantitative estimate of drug-likeness (QED) is 0.673. The average molecular weight is 396 g/mol. The number of benzene rings is 1. The summed E-state index contributed by atoms with van der Waals surface area (Å²) in [6, 6.07) is 8.26. The zero-order chi connectivity index (χ0) is 20.5. The van der Waals surface area contributed by atoms with Gasteiger partial charge in [-0.1, -0.05) is 28.5 Å². The second kappa shape index (κ2) is 7.62. The molecule has 0 saturated carbocycles. The SMILES string of the molecule is Cc1nonc1CC(=O)N1CCc2c(cc(Cc3ccccc3F)c(=O)n2C)C1. The second-order valence-electron chi connectivity index (χ2n) is 7.31. The van der Waals surface area contributed by atoms with E-state index in [-0.39, 0.29) is 30.1 Å². The van der Waals surface area contributed by atoms with Crippen molar-refractivity contribution in [2.24, 2.45) is 7.05 Å². The molecule has 0 spiro atoms. The molecule has 0 N–H and O–H groups in total. The largest absolute Gasteiger partial charge is 0.338 e. The summed E-state index contributed by atoms with van der Waals surface area (Å²) < 4.78 is 20.3. The van der Waals surface area contributed by atoms with Crippen LogP contribution in [0.5, 0.6) is 0 Å². The molecular weight excluding hydrogens is 375 g/mol. The fourth-order valence-corrected chi connectivity index (χ4v) is 3.75. The molecule has 0 bridgehead atoms. The highest BCUT2D eigenvalue weighted by Crippen LogP contribution is 2.21. The summed E-state index contributed by atoms with van der Waals surface area (Å²) >= 11 is 0. The van der Waals surface area contributed by atoms with Gasteiger partial charge in [-0.3, -0.25) is 9.59 Å². The number of aryl methyl sites for hydroxylation is 1. The monoisotopic (exact) mass is 396 g/mol. The summed E-state index contributed by atoms with van der Waals surface area (Å²) in [6.07, 6.45) is 0.922. The van der Waals surface area contributed by atoms with E-state index < -0.39 is 0 Å². The molecule has 29 heavy (non-hydrogen) atoms. The Bertz CT molecular complexity index is 1140. The molecule has 2 aromatic heterocycles. The van der Waals surface area contributed by atoms with Gasteiger partial charge in [0.15, 0.2) is 0 Å². The van der Waals surface area contributed by atoms with Crippen LogP contribution < -0.4 is 5.56 Å². The molecule has 0 saturated heterocycles. The van der Waals surface area contributed by atoms with Crippen molar-refractivity contribution in [2.45, 2.75) is 32.7 Å². The van der Waals surface area contributed by atoms with E-state index in [1.165, 1.54) is 6.07 Å². The number of hydrogen-bond donors (Lipinski definition) is 0. The van der Waals surface area contributed by atoms with Crippen LogP contribution in [0.2, 0.25) is 0 Å². The third-order valence-electron chi connectivity index (χ3n) is 5.44. The van der Waals surface area contributed by atoms with Crippen LogP contribution in [0, 0.1) is 12.7 Å². The van der Waals surface area contributed by atoms with Gasteiger partial charge in [0.1, 0.15) is 17.2 Å². The van der Waals surface area contributed by atoms with Gasteiger partial charge in [0.05, 0.1) is 6.42 Å². The van der Waals surface area contributed by atoms with Crippen LogP contribution in [-0.4, -0.2) is 32.2 Å². The number of rotatable bonds is 4. The lowest BCUT2D eigenvalue weighted by molar-refractivity contribution is -0.131. The van der Waals surface area contributed by atoms with Crippen molar-refractivity contribution in [1.29, 1.82) is 0 Å². The molecule has 0 aliphatic carbocycles. The predicted molar refractivity (Wildman–Crippen MR) is 103 cm³/mol. The lowest BCUT2D eigenvalue weighted by Gasteiger charge is -2.30. The van der Waals surface area contributed by atoms with Crippen molar-refractivity contribution >= 4 is 5.91 Å². The molecule has 0 radical (unpaired) electrons. The summed E-state index contributed by atoms with van der Waals surface area (Å²) in [4.78, 5) is 27.2. The van der Waals surface area contributed by atoms with E-state index in [2.05, 4.69) is 14.9 Å². The lowest BCUT2D eigenvalue weighted by Crippen LogP contribution is -2.40. The van der Waals surface area contributed by atoms with Gasteiger partial charge in [-0.2, -0.15) is 0 Å². The van der Waals surface area contributed by atoms with E-state index in [1.807, 2.05) is 6.07 Å². The van der Waals surface area contributed by atoms with Crippen molar-refractivity contribution in [2.75, 3.05) is 6.54 Å². The second-order valence-corrected chi connectivity index (χ2v) is 7.31. The summed E-state index contributed by atoms with van der Waals surface area (Å²) in [5.74, 6) is -0.403. The lowest BCUT2D eigenvalue weighted by atomic mass is 9.99. The molecule has 3 heterocycles. The zero-order valence-corrected chi connectivity index (χ0v) is 16.3. The Hall–Kier alpha value is -3.29. The fourth-order valence-electron chi connectivity index (χ4n) is 3.75. The predicted octanol–water partition coefficient (Wildman–Crippen LogP) is 1.93. The number of fused-ring (bicyclic) bond motifs is 1. The molecule has 1 aliphatic heterocycles. The van der Waals surface area contributed by atoms with E-state index in [0.717, 1.165) is 11.3 Å². The number of aromatic nitrogens is 3. The van der Waals surface area contributed by atoms with Crippen molar-refractivity contribution in [3.63, 3.8) is 0 Å². The van der Waals surface area contributed by atoms with Crippen molar-refractivity contribution in [3.8, 4) is 0 Å². The summed E-state index contributed by atoms with van der Waals surface area (Å²) in [5, 5.41) is 7.48. The van der Waals surface area contributed by atoms with Gasteiger partial charge in [-0.05, 0) is 30.2 Å². The number of carbonyl (C=O) groups excluding carboxylic acids is 1. The van der Waals surface area contributed by atoms with E-state index in [1.54, 1.807) is 41.6 Å². The molecule has 0 unspecified atom stereocenters. The number of amides is 1. The molecule has 0 fully saturated rings. The Labute approximate surface area is 166 Å². The summed E-state index contributed by atoms with van der Waals surface area (Å²) in [5.41, 5.74) is 3.82. The van der Waals surface area contributed by atoms with Crippen LogP contribution in [0.15, 0.2) is 39.8 Å². The first-order chi connectivity index (χ1) is 13.9. The van der Waals surface area contributed by atoms with Crippen molar-refractivity contribution in [1.82, 2.24) is 19.8 Å². The number of pyridine rings is 1. The summed E-state index contributed by atoms with van der Waals surface area (Å²) in [6.45, 7) is 2.67. The van der Waals surface area contributed by atoms with Crippen LogP contribution in [0.1, 0.15) is 33.8 Å². The van der Waals surface area contributed by atoms with Crippen LogP contribution >= 0.6 is 0 Å². The van der Waals surface area contributed by atoms with E-state index >= 15 is 0 Å². The first kappa shape index (κ1) is 19.0. The zero-order valence-electron chi connectivity index (χ0n) is 16.3. The van der Waals surface area contributed by atoms with Gasteiger partial charge in [0.2, 0.25) is 5.91 Å². The number of carbonyl (C=O) groups is 1. The van der Waals surface area contributed by atoms with E-state index in [4.69, 9.17) is 0 Å². The van der Waals surface area contributed by atoms with Crippen LogP contribution in [0.3, 0.4) is 0 Å². The minimum Gasteiger partial charge on any atom is -0.338 e. The van der Waals surface area contributed by atoms with Gasteiger partial charge in [-0.15, -0.1) is 0 Å². The highest BCUT2D eigenvalue weighted by atomic mass is 19.1.